The van der Waals surface area contributed by atoms with Gasteiger partial charge in [-0.05, 0) is 36.5 Å². The van der Waals surface area contributed by atoms with Crippen molar-refractivity contribution in [3.8, 4) is 0 Å². The Kier molecular flexibility index (Phi) is 9.03. The second-order valence-electron chi connectivity index (χ2n) is 9.92. The molecule has 38 heavy (non-hydrogen) atoms. The van der Waals surface area contributed by atoms with Gasteiger partial charge in [0.15, 0.2) is 0 Å². The van der Waals surface area contributed by atoms with Crippen molar-refractivity contribution in [1.29, 1.82) is 0 Å². The molecule has 0 unspecified atom stereocenters. The number of benzene rings is 2. The maximum atomic E-state index is 13.6. The van der Waals surface area contributed by atoms with Crippen LogP contribution < -0.4 is 9.03 Å². The molecule has 1 amide bonds. The van der Waals surface area contributed by atoms with Crippen molar-refractivity contribution >= 4 is 43.2 Å². The average Bonchev–Trinajstić information content (AvgIpc) is 3.22. The standard InChI is InChI=1S/C26H34ClN3O6S2/c1-37(32,33)30-20-26(22-10-5-6-11-24(22)30)12-15-29(16-13-26)25(31)23(28-38(34,35)17-7-14-27)19-36-18-21-8-3-2-4-9-21/h2-6,8-11,23,28H,7,12-20H2,1H3/t23-/m1/s1. The van der Waals surface area contributed by atoms with Crippen molar-refractivity contribution in [3.05, 3.63) is 65.7 Å². The van der Waals surface area contributed by atoms with E-state index in [0.29, 0.717) is 38.2 Å². The van der Waals surface area contributed by atoms with Crippen LogP contribution in [0.1, 0.15) is 30.4 Å². The molecule has 2 aromatic rings. The lowest BCUT2D eigenvalue weighted by Gasteiger charge is -2.40. The average molecular weight is 584 g/mol. The Morgan fingerprint density at radius 2 is 1.71 bits per heavy atom. The highest BCUT2D eigenvalue weighted by molar-refractivity contribution is 7.92. The lowest BCUT2D eigenvalue weighted by Crippen LogP contribution is -2.55. The van der Waals surface area contributed by atoms with Crippen molar-refractivity contribution in [1.82, 2.24) is 9.62 Å². The molecule has 2 heterocycles. The van der Waals surface area contributed by atoms with Crippen LogP contribution in [-0.4, -0.2) is 77.8 Å². The van der Waals surface area contributed by atoms with Gasteiger partial charge >= 0.3 is 0 Å². The molecule has 208 valence electrons. The number of sulfonamides is 2. The van der Waals surface area contributed by atoms with Crippen LogP contribution in [0.4, 0.5) is 5.69 Å². The lowest BCUT2D eigenvalue weighted by atomic mass is 9.74. The molecule has 1 atom stereocenters. The van der Waals surface area contributed by atoms with Crippen LogP contribution in [0.2, 0.25) is 0 Å². The van der Waals surface area contributed by atoms with Gasteiger partial charge in [-0.15, -0.1) is 11.6 Å². The van der Waals surface area contributed by atoms with E-state index in [1.165, 1.54) is 10.6 Å². The minimum Gasteiger partial charge on any atom is -0.375 e. The third kappa shape index (κ3) is 6.69. The van der Waals surface area contributed by atoms with Crippen LogP contribution >= 0.6 is 11.6 Å². The molecule has 2 aliphatic rings. The number of para-hydroxylation sites is 1. The van der Waals surface area contributed by atoms with E-state index >= 15 is 0 Å². The van der Waals surface area contributed by atoms with Gasteiger partial charge in [0.1, 0.15) is 6.04 Å². The lowest BCUT2D eigenvalue weighted by molar-refractivity contribution is -0.136. The summed E-state index contributed by atoms with van der Waals surface area (Å²) in [6.07, 6.45) is 2.61. The Bertz CT molecular complexity index is 1330. The summed E-state index contributed by atoms with van der Waals surface area (Å²) in [6, 6.07) is 15.9. The van der Waals surface area contributed by atoms with Gasteiger partial charge in [-0.3, -0.25) is 9.10 Å². The number of piperidine rings is 1. The van der Waals surface area contributed by atoms with Gasteiger partial charge in [-0.1, -0.05) is 48.5 Å². The minimum atomic E-state index is -3.74. The highest BCUT2D eigenvalue weighted by Gasteiger charge is 2.47. The number of hydrogen-bond acceptors (Lipinski definition) is 6. The fraction of sp³-hybridized carbons (Fsp3) is 0.500. The number of alkyl halides is 1. The normalized spacial score (nSPS) is 17.9. The Hall–Kier alpha value is -2.18. The van der Waals surface area contributed by atoms with Gasteiger partial charge in [0.05, 0.1) is 30.9 Å². The monoisotopic (exact) mass is 583 g/mol. The molecule has 1 fully saturated rings. The van der Waals surface area contributed by atoms with E-state index in [2.05, 4.69) is 4.72 Å². The van der Waals surface area contributed by atoms with Crippen LogP contribution in [0, 0.1) is 0 Å². The molecule has 9 nitrogen and oxygen atoms in total. The molecule has 0 saturated carbocycles. The Balaban J connectivity index is 1.46. The van der Waals surface area contributed by atoms with Crippen molar-refractivity contribution < 1.29 is 26.4 Å². The Morgan fingerprint density at radius 1 is 1.05 bits per heavy atom. The van der Waals surface area contributed by atoms with Gasteiger partial charge in [0.25, 0.3) is 0 Å². The van der Waals surface area contributed by atoms with Crippen LogP contribution in [0.15, 0.2) is 54.6 Å². The molecular weight excluding hydrogens is 550 g/mol. The Morgan fingerprint density at radius 3 is 2.37 bits per heavy atom. The highest BCUT2D eigenvalue weighted by atomic mass is 35.5. The zero-order valence-electron chi connectivity index (χ0n) is 21.4. The molecule has 1 saturated heterocycles. The summed E-state index contributed by atoms with van der Waals surface area (Å²) < 4.78 is 59.9. The number of nitrogens with zero attached hydrogens (tertiary/aromatic N) is 2. The van der Waals surface area contributed by atoms with E-state index < -0.39 is 31.5 Å². The molecule has 1 N–H and O–H groups in total. The number of hydrogen-bond donors (Lipinski definition) is 1. The predicted octanol–water partition coefficient (Wildman–Crippen LogP) is 2.46. The number of anilines is 1. The summed E-state index contributed by atoms with van der Waals surface area (Å²) in [4.78, 5) is 15.2. The maximum absolute atomic E-state index is 13.6. The van der Waals surface area contributed by atoms with E-state index in [1.54, 1.807) is 4.90 Å². The topological polar surface area (TPSA) is 113 Å². The predicted molar refractivity (Wildman–Crippen MR) is 148 cm³/mol. The number of amides is 1. The van der Waals surface area contributed by atoms with Crippen molar-refractivity contribution in [2.24, 2.45) is 0 Å². The third-order valence-corrected chi connectivity index (χ3v) is 10.0. The van der Waals surface area contributed by atoms with Gasteiger partial charge in [-0.25, -0.2) is 21.6 Å². The molecular formula is C26H34ClN3O6S2. The van der Waals surface area contributed by atoms with E-state index in [4.69, 9.17) is 16.3 Å². The minimum absolute atomic E-state index is 0.111. The first-order chi connectivity index (χ1) is 18.0. The fourth-order valence-corrected chi connectivity index (χ4v) is 7.76. The van der Waals surface area contributed by atoms with Crippen molar-refractivity contribution in [3.63, 3.8) is 0 Å². The molecule has 0 aromatic heterocycles. The second kappa shape index (κ2) is 11.9. The molecule has 1 spiro atoms. The number of carbonyl (C=O) groups excluding carboxylic acids is 1. The van der Waals surface area contributed by atoms with Crippen molar-refractivity contribution in [2.75, 3.05) is 48.4 Å². The van der Waals surface area contributed by atoms with Crippen molar-refractivity contribution in [2.45, 2.75) is 37.3 Å². The summed E-state index contributed by atoms with van der Waals surface area (Å²) in [5.41, 5.74) is 2.19. The van der Waals surface area contributed by atoms with Crippen LogP contribution in [0.5, 0.6) is 0 Å². The SMILES string of the molecule is CS(=O)(=O)N1CC2(CCN(C(=O)[C@@H](COCc3ccccc3)NS(=O)(=O)CCCCl)CC2)c2ccccc21. The van der Waals surface area contributed by atoms with E-state index in [1.807, 2.05) is 54.6 Å². The summed E-state index contributed by atoms with van der Waals surface area (Å²) in [7, 11) is -7.19. The zero-order chi connectivity index (χ0) is 27.4. The summed E-state index contributed by atoms with van der Waals surface area (Å²) in [5.74, 6) is -0.335. The quantitative estimate of drug-likeness (QED) is 0.407. The number of likely N-dealkylation sites (tertiary alicyclic amines) is 1. The molecule has 12 heteroatoms. The third-order valence-electron chi connectivity index (χ3n) is 7.19. The number of fused-ring (bicyclic) bond motifs is 2. The van der Waals surface area contributed by atoms with Crippen LogP contribution in [0.25, 0.3) is 0 Å². The van der Waals surface area contributed by atoms with Gasteiger partial charge in [0, 0.05) is 30.9 Å². The van der Waals surface area contributed by atoms with Crippen LogP contribution in [-0.2, 0) is 41.6 Å². The highest BCUT2D eigenvalue weighted by Crippen LogP contribution is 2.47. The first kappa shape index (κ1) is 28.8. The number of carbonyl (C=O) groups is 1. The molecule has 0 bridgehead atoms. The first-order valence-electron chi connectivity index (χ1n) is 12.6. The Labute approximate surface area is 230 Å². The molecule has 2 aromatic carbocycles. The number of rotatable bonds is 11. The largest absolute Gasteiger partial charge is 0.375 e. The number of ether oxygens (including phenoxy) is 1. The summed E-state index contributed by atoms with van der Waals surface area (Å²) >= 11 is 5.68. The van der Waals surface area contributed by atoms with Gasteiger partial charge < -0.3 is 9.64 Å². The molecule has 4 rings (SSSR count). The number of nitrogens with one attached hydrogen (secondary N) is 1. The maximum Gasteiger partial charge on any atom is 0.243 e. The van der Waals surface area contributed by atoms with Gasteiger partial charge in [-0.2, -0.15) is 0 Å². The summed E-state index contributed by atoms with van der Waals surface area (Å²) in [5, 5.41) is 0. The van der Waals surface area contributed by atoms with Crippen LogP contribution in [0.3, 0.4) is 0 Å². The summed E-state index contributed by atoms with van der Waals surface area (Å²) in [6.45, 7) is 1.23. The molecule has 2 aliphatic heterocycles. The number of halogens is 1. The van der Waals surface area contributed by atoms with Gasteiger partial charge in [0.2, 0.25) is 26.0 Å². The van der Waals surface area contributed by atoms with E-state index in [9.17, 15) is 21.6 Å². The van der Waals surface area contributed by atoms with E-state index in [-0.39, 0.29) is 37.2 Å². The zero-order valence-corrected chi connectivity index (χ0v) is 23.8. The molecule has 0 radical (unpaired) electrons. The van der Waals surface area contributed by atoms with E-state index in [0.717, 1.165) is 11.1 Å². The first-order valence-corrected chi connectivity index (χ1v) is 16.6. The fourth-order valence-electron chi connectivity index (χ4n) is 5.23. The second-order valence-corrected chi connectivity index (χ2v) is 14.1. The molecule has 0 aliphatic carbocycles. The smallest absolute Gasteiger partial charge is 0.243 e.